The van der Waals surface area contributed by atoms with Gasteiger partial charge < -0.3 is 31.6 Å². The first-order chi connectivity index (χ1) is 33.0. The molecule has 14 heteroatoms. The van der Waals surface area contributed by atoms with E-state index >= 15 is 0 Å². The molecule has 0 fully saturated rings. The second-order valence-corrected chi connectivity index (χ2v) is 17.5. The third-order valence-corrected chi connectivity index (χ3v) is 13.3. The Labute approximate surface area is 392 Å². The third-order valence-electron chi connectivity index (χ3n) is 13.3. The van der Waals surface area contributed by atoms with Gasteiger partial charge in [0, 0.05) is 71.5 Å². The Morgan fingerprint density at radius 1 is 0.485 bits per heavy atom. The van der Waals surface area contributed by atoms with Crippen LogP contribution in [-0.2, 0) is 22.6 Å². The number of pyridine rings is 2. The molecule has 4 unspecified atom stereocenters. The van der Waals surface area contributed by atoms with Crippen molar-refractivity contribution in [2.24, 2.45) is 0 Å². The smallest absolute Gasteiger partial charge is 0.251 e. The molecule has 4 atom stereocenters. The highest BCUT2D eigenvalue weighted by Crippen LogP contribution is 2.56. The number of aryl methyl sites for hydroxylation is 4. The molecule has 0 saturated carbocycles. The highest BCUT2D eigenvalue weighted by Gasteiger charge is 2.44. The van der Waals surface area contributed by atoms with Gasteiger partial charge in [-0.2, -0.15) is 0 Å². The maximum absolute atomic E-state index is 13.0. The molecule has 68 heavy (non-hydrogen) atoms. The number of nitrogens with one attached hydrogen (secondary N) is 2. The van der Waals surface area contributed by atoms with E-state index in [1.165, 1.54) is 0 Å². The van der Waals surface area contributed by atoms with Crippen molar-refractivity contribution in [3.8, 4) is 22.8 Å². The molecule has 4 aromatic carbocycles. The van der Waals surface area contributed by atoms with E-state index in [9.17, 15) is 9.59 Å². The molecule has 12 rings (SSSR count). The SMILES string of the molecule is Cc1cc(N)nc(C)c1CNC(=O)c1ccc2c(c1)C1OC2c2cc(-c3ncccn3)ccc21.Cc1cc(N)nc(C)c1CNC(=O)c1ccc2c(c1)C1OC2c2ccc(-c3ncccn3)cc21. The summed E-state index contributed by atoms with van der Waals surface area (Å²) in [6.45, 7) is 8.55. The molecule has 0 radical (unpaired) electrons. The number of hydrogen-bond donors (Lipinski definition) is 4. The lowest BCUT2D eigenvalue weighted by molar-refractivity contribution is 0.0856. The summed E-state index contributed by atoms with van der Waals surface area (Å²) >= 11 is 0. The van der Waals surface area contributed by atoms with Gasteiger partial charge in [-0.3, -0.25) is 9.59 Å². The number of benzene rings is 4. The number of rotatable bonds is 8. The number of carbonyl (C=O) groups excluding carboxylic acids is 2. The standard InChI is InChI=1S/2C27H23N5O2/c1-14-10-23(28)32-15(2)22(14)13-31-27(33)17-5-7-19-21(12-17)25-18-6-4-16(11-20(18)24(19)34-25)26-29-8-3-9-30-26;1-14-10-23(28)32-15(2)22(14)13-31-27(33)17-5-7-19-21(12-17)25-20-11-16(26-29-8-3-9-30-26)4-6-18(20)24(19)34-25/h2*3-12,24-25H,13H2,1-2H3,(H2,28,32)(H,31,33). The van der Waals surface area contributed by atoms with Crippen molar-refractivity contribution in [2.45, 2.75) is 65.2 Å². The molecule has 0 spiro atoms. The third kappa shape index (κ3) is 7.49. The molecule has 0 aliphatic carbocycles. The lowest BCUT2D eigenvalue weighted by atomic mass is 9.84. The Bertz CT molecular complexity index is 3300. The molecule has 336 valence electrons. The van der Waals surface area contributed by atoms with E-state index in [0.29, 0.717) is 47.5 Å². The van der Waals surface area contributed by atoms with Gasteiger partial charge in [-0.05, 0) is 155 Å². The molecule has 4 aliphatic heterocycles. The fourth-order valence-corrected chi connectivity index (χ4v) is 10.00. The van der Waals surface area contributed by atoms with Crippen LogP contribution in [0.2, 0.25) is 0 Å². The number of carbonyl (C=O) groups is 2. The summed E-state index contributed by atoms with van der Waals surface area (Å²) in [6.07, 6.45) is 6.35. The summed E-state index contributed by atoms with van der Waals surface area (Å²) in [5.74, 6) is 2.10. The van der Waals surface area contributed by atoms with Crippen LogP contribution in [0, 0.1) is 27.7 Å². The number of nitrogens with two attached hydrogens (primary N) is 2. The van der Waals surface area contributed by atoms with Gasteiger partial charge in [0.2, 0.25) is 0 Å². The average molecular weight is 899 g/mol. The van der Waals surface area contributed by atoms with Gasteiger partial charge in [-0.15, -0.1) is 0 Å². The zero-order valence-corrected chi connectivity index (χ0v) is 37.7. The summed E-state index contributed by atoms with van der Waals surface area (Å²) in [6, 6.07) is 31.4. The first-order valence-corrected chi connectivity index (χ1v) is 22.4. The van der Waals surface area contributed by atoms with Gasteiger partial charge in [0.1, 0.15) is 36.1 Å². The molecule has 8 aromatic rings. The largest absolute Gasteiger partial charge is 0.384 e. The van der Waals surface area contributed by atoms with Gasteiger partial charge >= 0.3 is 0 Å². The van der Waals surface area contributed by atoms with Crippen molar-refractivity contribution in [3.63, 3.8) is 0 Å². The number of amides is 2. The van der Waals surface area contributed by atoms with Gasteiger partial charge in [-0.1, -0.05) is 36.4 Å². The molecule has 4 bridgehead atoms. The number of hydrogen-bond acceptors (Lipinski definition) is 12. The van der Waals surface area contributed by atoms with E-state index in [1.807, 2.05) is 88.4 Å². The lowest BCUT2D eigenvalue weighted by Gasteiger charge is -2.17. The number of nitrogens with zero attached hydrogens (tertiary/aromatic N) is 6. The minimum atomic E-state index is -0.197. The van der Waals surface area contributed by atoms with E-state index in [4.69, 9.17) is 20.9 Å². The van der Waals surface area contributed by atoms with Crippen LogP contribution in [0.15, 0.2) is 122 Å². The predicted molar refractivity (Wildman–Crippen MR) is 256 cm³/mol. The van der Waals surface area contributed by atoms with Crippen molar-refractivity contribution in [1.29, 1.82) is 0 Å². The van der Waals surface area contributed by atoms with E-state index < -0.39 is 0 Å². The van der Waals surface area contributed by atoms with Crippen LogP contribution in [0.4, 0.5) is 11.6 Å². The van der Waals surface area contributed by atoms with E-state index in [2.05, 4.69) is 64.8 Å². The Kier molecular flexibility index (Phi) is 10.5. The molecule has 14 nitrogen and oxygen atoms in total. The fraction of sp³-hybridized carbons (Fsp3) is 0.185. The van der Waals surface area contributed by atoms with Crippen LogP contribution in [-0.4, -0.2) is 41.7 Å². The van der Waals surface area contributed by atoms with Crippen LogP contribution in [0.5, 0.6) is 0 Å². The van der Waals surface area contributed by atoms with E-state index in [1.54, 1.807) is 36.9 Å². The Morgan fingerprint density at radius 2 is 0.838 bits per heavy atom. The highest BCUT2D eigenvalue weighted by atomic mass is 16.5. The number of ether oxygens (including phenoxy) is 2. The van der Waals surface area contributed by atoms with Gasteiger partial charge in [0.15, 0.2) is 11.6 Å². The van der Waals surface area contributed by atoms with Crippen LogP contribution in [0.1, 0.15) is 123 Å². The van der Waals surface area contributed by atoms with Gasteiger partial charge in [-0.25, -0.2) is 29.9 Å². The molecule has 0 saturated heterocycles. The first-order valence-electron chi connectivity index (χ1n) is 22.4. The first kappa shape index (κ1) is 42.4. The van der Waals surface area contributed by atoms with Crippen LogP contribution < -0.4 is 22.1 Å². The van der Waals surface area contributed by atoms with Crippen molar-refractivity contribution >= 4 is 23.5 Å². The van der Waals surface area contributed by atoms with Crippen LogP contribution in [0.3, 0.4) is 0 Å². The summed E-state index contributed by atoms with van der Waals surface area (Å²) < 4.78 is 12.6. The molecular formula is C54H46N10O4. The average Bonchev–Trinajstić information content (AvgIpc) is 4.13. The Morgan fingerprint density at radius 3 is 1.24 bits per heavy atom. The predicted octanol–water partition coefficient (Wildman–Crippen LogP) is 8.38. The number of fused-ring (bicyclic) bond motifs is 16. The minimum absolute atomic E-state index is 0.107. The van der Waals surface area contributed by atoms with Crippen LogP contribution >= 0.6 is 0 Å². The Hall–Kier alpha value is -8.20. The molecule has 2 amide bonds. The minimum Gasteiger partial charge on any atom is -0.384 e. The van der Waals surface area contributed by atoms with Crippen LogP contribution in [0.25, 0.3) is 22.8 Å². The van der Waals surface area contributed by atoms with Crippen molar-refractivity contribution in [1.82, 2.24) is 40.5 Å². The molecule has 8 heterocycles. The van der Waals surface area contributed by atoms with Crippen molar-refractivity contribution < 1.29 is 19.1 Å². The molecule has 4 aliphatic rings. The molecule has 6 N–H and O–H groups in total. The maximum atomic E-state index is 13.0. The lowest BCUT2D eigenvalue weighted by Crippen LogP contribution is -2.24. The summed E-state index contributed by atoms with van der Waals surface area (Å²) in [5, 5.41) is 6.05. The summed E-state index contributed by atoms with van der Waals surface area (Å²) in [5.41, 5.74) is 29.3. The number of anilines is 2. The topological polar surface area (TPSA) is 206 Å². The number of nitrogen functional groups attached to an aromatic ring is 2. The number of aromatic nitrogens is 6. The zero-order valence-electron chi connectivity index (χ0n) is 37.7. The van der Waals surface area contributed by atoms with Crippen molar-refractivity contribution in [3.05, 3.63) is 211 Å². The molecular weight excluding hydrogens is 853 g/mol. The van der Waals surface area contributed by atoms with Crippen molar-refractivity contribution in [2.75, 3.05) is 11.5 Å². The maximum Gasteiger partial charge on any atom is 0.251 e. The summed E-state index contributed by atoms with van der Waals surface area (Å²) in [7, 11) is 0. The fourth-order valence-electron chi connectivity index (χ4n) is 10.00. The second kappa shape index (κ2) is 16.9. The molecule has 4 aromatic heterocycles. The van der Waals surface area contributed by atoms with Gasteiger partial charge in [0.25, 0.3) is 11.8 Å². The second-order valence-electron chi connectivity index (χ2n) is 17.5. The summed E-state index contributed by atoms with van der Waals surface area (Å²) in [4.78, 5) is 52.0. The zero-order chi connectivity index (χ0) is 46.8. The van der Waals surface area contributed by atoms with Gasteiger partial charge in [0.05, 0.1) is 0 Å². The van der Waals surface area contributed by atoms with E-state index in [-0.39, 0.29) is 36.2 Å². The monoisotopic (exact) mass is 898 g/mol. The quantitative estimate of drug-likeness (QED) is 0.114. The Balaban J connectivity index is 0.000000149. The van der Waals surface area contributed by atoms with E-state index in [0.717, 1.165) is 89.3 Å². The highest BCUT2D eigenvalue weighted by molar-refractivity contribution is 5.95. The normalized spacial score (nSPS) is 17.4.